The zero-order valence-corrected chi connectivity index (χ0v) is 11.6. The fraction of sp³-hybridized carbons (Fsp3) is 0.857. The molecule has 0 radical (unpaired) electrons. The van der Waals surface area contributed by atoms with Gasteiger partial charge in [-0.1, -0.05) is 26.7 Å². The summed E-state index contributed by atoms with van der Waals surface area (Å²) < 4.78 is 1.94. The monoisotopic (exact) mass is 251 g/mol. The third-order valence-electron chi connectivity index (χ3n) is 4.06. The van der Waals surface area contributed by atoms with Gasteiger partial charge in [-0.25, -0.2) is 4.98 Å². The second-order valence-corrected chi connectivity index (χ2v) is 5.84. The molecule has 0 aromatic carbocycles. The maximum Gasteiger partial charge on any atom is 0.138 e. The highest BCUT2D eigenvalue weighted by Crippen LogP contribution is 2.32. The summed E-state index contributed by atoms with van der Waals surface area (Å²) in [5.74, 6) is 1.68. The molecule has 1 aliphatic carbocycles. The molecule has 1 aliphatic rings. The quantitative estimate of drug-likeness (QED) is 0.837. The maximum absolute atomic E-state index is 10.8. The average Bonchev–Trinajstić information content (AvgIpc) is 2.67. The summed E-state index contributed by atoms with van der Waals surface area (Å²) in [6.07, 6.45) is 8.59. The summed E-state index contributed by atoms with van der Waals surface area (Å²) >= 11 is 0. The predicted octanol–water partition coefficient (Wildman–Crippen LogP) is 2.56. The average molecular weight is 251 g/mol. The number of aromatic nitrogens is 3. The van der Waals surface area contributed by atoms with Crippen molar-refractivity contribution in [2.45, 2.75) is 70.9 Å². The molecule has 1 fully saturated rings. The maximum atomic E-state index is 10.8. The van der Waals surface area contributed by atoms with E-state index >= 15 is 0 Å². The summed E-state index contributed by atoms with van der Waals surface area (Å²) in [6, 6.07) is 0. The lowest BCUT2D eigenvalue weighted by atomic mass is 9.90. The minimum atomic E-state index is -0.566. The Morgan fingerprint density at radius 2 is 2.28 bits per heavy atom. The van der Waals surface area contributed by atoms with Crippen LogP contribution in [0.5, 0.6) is 0 Å². The van der Waals surface area contributed by atoms with E-state index < -0.39 is 5.60 Å². The summed E-state index contributed by atoms with van der Waals surface area (Å²) in [4.78, 5) is 4.32. The molecule has 2 atom stereocenters. The van der Waals surface area contributed by atoms with E-state index in [0.717, 1.165) is 50.4 Å². The van der Waals surface area contributed by atoms with Crippen molar-refractivity contribution in [3.8, 4) is 0 Å². The van der Waals surface area contributed by atoms with Gasteiger partial charge >= 0.3 is 0 Å². The molecule has 1 heterocycles. The summed E-state index contributed by atoms with van der Waals surface area (Å²) in [7, 11) is 0. The van der Waals surface area contributed by atoms with Crippen LogP contribution in [-0.2, 0) is 13.0 Å². The van der Waals surface area contributed by atoms with E-state index in [1.807, 2.05) is 4.68 Å². The van der Waals surface area contributed by atoms with Crippen molar-refractivity contribution in [1.29, 1.82) is 0 Å². The van der Waals surface area contributed by atoms with Crippen LogP contribution in [0, 0.1) is 5.92 Å². The lowest BCUT2D eigenvalue weighted by molar-refractivity contribution is 0.0215. The van der Waals surface area contributed by atoms with E-state index in [1.54, 1.807) is 6.33 Å². The Bertz CT molecular complexity index is 377. The van der Waals surface area contributed by atoms with Gasteiger partial charge in [-0.15, -0.1) is 0 Å². The van der Waals surface area contributed by atoms with Gasteiger partial charge in [0.1, 0.15) is 12.2 Å². The standard InChI is InChI=1S/C14H25N3O/c1-3-9-17-13(15-11-16-17)10-14(18)7-4-5-12(2)6-8-14/h11-12,18H,3-10H2,1-2H3. The van der Waals surface area contributed by atoms with E-state index in [9.17, 15) is 5.11 Å². The summed E-state index contributed by atoms with van der Waals surface area (Å²) in [6.45, 7) is 5.31. The minimum absolute atomic E-state index is 0.566. The second-order valence-electron chi connectivity index (χ2n) is 5.84. The third kappa shape index (κ3) is 3.31. The van der Waals surface area contributed by atoms with Gasteiger partial charge in [0.05, 0.1) is 5.60 Å². The third-order valence-corrected chi connectivity index (χ3v) is 4.06. The van der Waals surface area contributed by atoms with Crippen molar-refractivity contribution in [2.24, 2.45) is 5.92 Å². The molecule has 2 unspecified atom stereocenters. The highest BCUT2D eigenvalue weighted by atomic mass is 16.3. The van der Waals surface area contributed by atoms with Gasteiger partial charge < -0.3 is 5.11 Å². The van der Waals surface area contributed by atoms with Crippen LogP contribution >= 0.6 is 0 Å². The molecule has 4 heteroatoms. The van der Waals surface area contributed by atoms with Crippen LogP contribution in [-0.4, -0.2) is 25.5 Å². The van der Waals surface area contributed by atoms with Crippen LogP contribution in [0.2, 0.25) is 0 Å². The first-order chi connectivity index (χ1) is 8.63. The fourth-order valence-corrected chi connectivity index (χ4v) is 2.86. The Hall–Kier alpha value is -0.900. The highest BCUT2D eigenvalue weighted by Gasteiger charge is 2.31. The molecule has 0 amide bonds. The Labute approximate surface area is 109 Å². The second kappa shape index (κ2) is 5.83. The van der Waals surface area contributed by atoms with Gasteiger partial charge in [0.2, 0.25) is 0 Å². The number of rotatable bonds is 4. The topological polar surface area (TPSA) is 50.9 Å². The number of hydrogen-bond acceptors (Lipinski definition) is 3. The lowest BCUT2D eigenvalue weighted by Crippen LogP contribution is -2.32. The van der Waals surface area contributed by atoms with Crippen LogP contribution in [0.3, 0.4) is 0 Å². The van der Waals surface area contributed by atoms with Crippen molar-refractivity contribution >= 4 is 0 Å². The molecule has 102 valence electrons. The van der Waals surface area contributed by atoms with E-state index in [4.69, 9.17) is 0 Å². The van der Waals surface area contributed by atoms with Gasteiger partial charge in [-0.05, 0) is 31.6 Å². The van der Waals surface area contributed by atoms with Crippen LogP contribution in [0.4, 0.5) is 0 Å². The number of nitrogens with zero attached hydrogens (tertiary/aromatic N) is 3. The first-order valence-corrected chi connectivity index (χ1v) is 7.22. The molecule has 1 N–H and O–H groups in total. The normalized spacial score (nSPS) is 29.2. The number of aryl methyl sites for hydroxylation is 1. The molecule has 18 heavy (non-hydrogen) atoms. The molecule has 0 spiro atoms. The van der Waals surface area contributed by atoms with Crippen LogP contribution in [0.15, 0.2) is 6.33 Å². The molecule has 1 aromatic rings. The highest BCUT2D eigenvalue weighted by molar-refractivity contribution is 4.96. The van der Waals surface area contributed by atoms with Gasteiger partial charge in [-0.2, -0.15) is 5.10 Å². The number of hydrogen-bond donors (Lipinski definition) is 1. The SMILES string of the molecule is CCCn1ncnc1CC1(O)CCCC(C)CC1. The van der Waals surface area contributed by atoms with Crippen molar-refractivity contribution in [3.05, 3.63) is 12.2 Å². The molecular formula is C14H25N3O. The first kappa shape index (κ1) is 13.5. The van der Waals surface area contributed by atoms with Gasteiger partial charge in [0, 0.05) is 13.0 Å². The van der Waals surface area contributed by atoms with E-state index in [-0.39, 0.29) is 0 Å². The molecule has 0 bridgehead atoms. The van der Waals surface area contributed by atoms with Crippen molar-refractivity contribution in [1.82, 2.24) is 14.8 Å². The number of aliphatic hydroxyl groups is 1. The molecule has 0 aliphatic heterocycles. The van der Waals surface area contributed by atoms with E-state index in [1.165, 1.54) is 6.42 Å². The molecule has 2 rings (SSSR count). The summed E-state index contributed by atoms with van der Waals surface area (Å²) in [5.41, 5.74) is -0.566. The van der Waals surface area contributed by atoms with Gasteiger partial charge in [0.15, 0.2) is 0 Å². The zero-order chi connectivity index (χ0) is 13.0. The Morgan fingerprint density at radius 1 is 1.44 bits per heavy atom. The van der Waals surface area contributed by atoms with E-state index in [2.05, 4.69) is 23.9 Å². The minimum Gasteiger partial charge on any atom is -0.389 e. The molecule has 4 nitrogen and oxygen atoms in total. The molecule has 1 saturated carbocycles. The van der Waals surface area contributed by atoms with Crippen molar-refractivity contribution in [3.63, 3.8) is 0 Å². The zero-order valence-electron chi connectivity index (χ0n) is 11.6. The van der Waals surface area contributed by atoms with Gasteiger partial charge in [-0.3, -0.25) is 4.68 Å². The molecule has 1 aromatic heterocycles. The summed E-state index contributed by atoms with van der Waals surface area (Å²) in [5, 5.41) is 15.0. The van der Waals surface area contributed by atoms with Crippen LogP contribution < -0.4 is 0 Å². The predicted molar refractivity (Wildman–Crippen MR) is 71.2 cm³/mol. The first-order valence-electron chi connectivity index (χ1n) is 7.22. The Balaban J connectivity index is 2.04. The molecular weight excluding hydrogens is 226 g/mol. The smallest absolute Gasteiger partial charge is 0.138 e. The van der Waals surface area contributed by atoms with Crippen molar-refractivity contribution < 1.29 is 5.11 Å². The Morgan fingerprint density at radius 3 is 3.06 bits per heavy atom. The Kier molecular flexibility index (Phi) is 4.38. The fourth-order valence-electron chi connectivity index (χ4n) is 2.86. The largest absolute Gasteiger partial charge is 0.389 e. The van der Waals surface area contributed by atoms with Gasteiger partial charge in [0.25, 0.3) is 0 Å². The van der Waals surface area contributed by atoms with E-state index in [0.29, 0.717) is 6.42 Å². The lowest BCUT2D eigenvalue weighted by Gasteiger charge is -2.26. The van der Waals surface area contributed by atoms with Crippen molar-refractivity contribution in [2.75, 3.05) is 0 Å². The van der Waals surface area contributed by atoms with Crippen LogP contribution in [0.1, 0.15) is 58.2 Å². The molecule has 0 saturated heterocycles. The van der Waals surface area contributed by atoms with Crippen LogP contribution in [0.25, 0.3) is 0 Å².